The van der Waals surface area contributed by atoms with Gasteiger partial charge >= 0.3 is 0 Å². The Balaban J connectivity index is 0.00000361. The van der Waals surface area contributed by atoms with Gasteiger partial charge in [0, 0.05) is 18.4 Å². The summed E-state index contributed by atoms with van der Waals surface area (Å²) in [4.78, 5) is 4.60. The van der Waals surface area contributed by atoms with Gasteiger partial charge in [0.15, 0.2) is 11.4 Å². The van der Waals surface area contributed by atoms with Crippen LogP contribution in [-0.2, 0) is 12.1 Å². The Kier molecular flexibility index (Phi) is 10.3. The zero-order valence-corrected chi connectivity index (χ0v) is 24.0. The molecule has 3 aromatic rings. The molecule has 36 heavy (non-hydrogen) atoms. The van der Waals surface area contributed by atoms with Gasteiger partial charge in [-0.2, -0.15) is 0 Å². The van der Waals surface area contributed by atoms with Crippen LogP contribution < -0.4 is 21.7 Å². The summed E-state index contributed by atoms with van der Waals surface area (Å²) in [5, 5.41) is 13.0. The lowest BCUT2D eigenvalue weighted by Gasteiger charge is -2.36. The minimum absolute atomic E-state index is 0. The molecule has 1 heterocycles. The summed E-state index contributed by atoms with van der Waals surface area (Å²) in [5.74, 6) is 2.01. The van der Waals surface area contributed by atoms with Crippen LogP contribution in [-0.4, -0.2) is 41.8 Å². The van der Waals surface area contributed by atoms with Crippen LogP contribution in [0.15, 0.2) is 59.1 Å². The van der Waals surface area contributed by atoms with Crippen molar-refractivity contribution in [3.63, 3.8) is 0 Å². The van der Waals surface area contributed by atoms with Crippen LogP contribution in [0.3, 0.4) is 0 Å². The zero-order chi connectivity index (χ0) is 24.9. The van der Waals surface area contributed by atoms with Gasteiger partial charge in [0.2, 0.25) is 5.89 Å². The zero-order valence-electron chi connectivity index (χ0n) is 20.9. The molecule has 0 spiro atoms. The summed E-state index contributed by atoms with van der Waals surface area (Å²) in [6, 6.07) is 15.2. The van der Waals surface area contributed by atoms with E-state index < -0.39 is 5.60 Å². The molecule has 1 unspecified atom stereocenters. The van der Waals surface area contributed by atoms with Crippen molar-refractivity contribution >= 4 is 23.2 Å². The van der Waals surface area contributed by atoms with Crippen molar-refractivity contribution in [2.45, 2.75) is 50.7 Å². The highest BCUT2D eigenvalue weighted by molar-refractivity contribution is 6.42. The molecule has 8 heteroatoms. The van der Waals surface area contributed by atoms with E-state index in [0.717, 1.165) is 50.0 Å². The van der Waals surface area contributed by atoms with Crippen molar-refractivity contribution in [1.82, 2.24) is 4.98 Å². The smallest absolute Gasteiger partial charge is 0.231 e. The lowest BCUT2D eigenvalue weighted by molar-refractivity contribution is -0.904. The molecule has 4 rings (SSSR count). The molecule has 0 amide bonds. The van der Waals surface area contributed by atoms with Crippen LogP contribution in [0.2, 0.25) is 10.0 Å². The van der Waals surface area contributed by atoms with Crippen LogP contribution in [0.4, 0.5) is 0 Å². The fraction of sp³-hybridized carbons (Fsp3) is 0.464. The summed E-state index contributed by atoms with van der Waals surface area (Å²) in [6.07, 6.45) is 8.07. The molecule has 0 aliphatic heterocycles. The molecule has 0 saturated heterocycles. The maximum absolute atomic E-state index is 12.0. The summed E-state index contributed by atoms with van der Waals surface area (Å²) >= 11 is 12.0. The SMILES string of the molecule is C[N+](C)(CCCOc1ccc(Cl)c(Cl)c1)Cc1cnc(C(O)(c2ccccc2)C2CCCCC2)o1.[Br-]. The highest BCUT2D eigenvalue weighted by Gasteiger charge is 2.44. The fourth-order valence-corrected chi connectivity index (χ4v) is 5.34. The van der Waals surface area contributed by atoms with Gasteiger partial charge < -0.3 is 35.7 Å². The van der Waals surface area contributed by atoms with Crippen LogP contribution in [0.1, 0.15) is 55.7 Å². The molecule has 0 bridgehead atoms. The molecule has 1 atom stereocenters. The van der Waals surface area contributed by atoms with Gasteiger partial charge in [0.1, 0.15) is 12.3 Å². The Morgan fingerprint density at radius 3 is 2.47 bits per heavy atom. The summed E-state index contributed by atoms with van der Waals surface area (Å²) < 4.78 is 12.8. The lowest BCUT2D eigenvalue weighted by atomic mass is 9.73. The Labute approximate surface area is 234 Å². The second-order valence-electron chi connectivity index (χ2n) is 10.2. The number of oxazole rings is 1. The molecule has 1 aliphatic carbocycles. The van der Waals surface area contributed by atoms with Gasteiger partial charge in [0.05, 0.1) is 43.5 Å². The Hall–Kier alpha value is -1.57. The summed E-state index contributed by atoms with van der Waals surface area (Å²) in [6.45, 7) is 2.15. The molecule has 1 saturated carbocycles. The lowest BCUT2D eigenvalue weighted by Crippen LogP contribution is -3.00. The normalized spacial score (nSPS) is 16.2. The Morgan fingerprint density at radius 1 is 1.06 bits per heavy atom. The van der Waals surface area contributed by atoms with Crippen molar-refractivity contribution in [3.05, 3.63) is 82.0 Å². The van der Waals surface area contributed by atoms with E-state index in [1.54, 1.807) is 18.3 Å². The van der Waals surface area contributed by atoms with Gasteiger partial charge in [-0.05, 0) is 30.5 Å². The third-order valence-electron chi connectivity index (χ3n) is 6.94. The van der Waals surface area contributed by atoms with E-state index in [-0.39, 0.29) is 22.9 Å². The van der Waals surface area contributed by atoms with Crippen molar-refractivity contribution in [2.75, 3.05) is 27.2 Å². The van der Waals surface area contributed by atoms with Gasteiger partial charge in [-0.15, -0.1) is 0 Å². The second kappa shape index (κ2) is 12.8. The van der Waals surface area contributed by atoms with E-state index in [1.807, 2.05) is 36.4 Å². The number of benzene rings is 2. The number of rotatable bonds is 10. The number of aromatic nitrogens is 1. The quantitative estimate of drug-likeness (QED) is 0.285. The number of nitrogens with zero attached hydrogens (tertiary/aromatic N) is 2. The topological polar surface area (TPSA) is 55.5 Å². The molecule has 0 radical (unpaired) electrons. The maximum Gasteiger partial charge on any atom is 0.231 e. The van der Waals surface area contributed by atoms with E-state index in [0.29, 0.717) is 39.3 Å². The number of ether oxygens (including phenoxy) is 1. The number of aliphatic hydroxyl groups is 1. The van der Waals surface area contributed by atoms with Gasteiger partial charge in [-0.3, -0.25) is 0 Å². The molecule has 1 fully saturated rings. The van der Waals surface area contributed by atoms with Crippen molar-refractivity contribution in [3.8, 4) is 5.75 Å². The van der Waals surface area contributed by atoms with Gasteiger partial charge in [-0.1, -0.05) is 72.8 Å². The van der Waals surface area contributed by atoms with E-state index in [2.05, 4.69) is 19.1 Å². The number of hydrogen-bond donors (Lipinski definition) is 1. The summed E-state index contributed by atoms with van der Waals surface area (Å²) in [7, 11) is 4.32. The minimum atomic E-state index is -1.20. The van der Waals surface area contributed by atoms with Crippen LogP contribution in [0.25, 0.3) is 0 Å². The van der Waals surface area contributed by atoms with Gasteiger partial charge in [-0.25, -0.2) is 4.98 Å². The molecule has 1 aliphatic rings. The minimum Gasteiger partial charge on any atom is -1.00 e. The average Bonchev–Trinajstić information content (AvgIpc) is 3.33. The first-order chi connectivity index (χ1) is 16.8. The first-order valence-electron chi connectivity index (χ1n) is 12.4. The fourth-order valence-electron chi connectivity index (χ4n) is 5.05. The second-order valence-corrected chi connectivity index (χ2v) is 11.0. The highest BCUT2D eigenvalue weighted by Crippen LogP contribution is 2.43. The van der Waals surface area contributed by atoms with Crippen molar-refractivity contribution in [1.29, 1.82) is 0 Å². The molecular weight excluding hydrogens is 563 g/mol. The standard InChI is InChI=1S/C28H35Cl2N2O3.BrH/c1-32(2,16-9-17-34-23-14-15-25(29)26(30)18-23)20-24-19-31-27(35-24)28(33,21-10-5-3-6-11-21)22-12-7-4-8-13-22;/h3,5-6,10-11,14-15,18-19,22,33H,4,7-9,12-13,16-17,20H2,1-2H3;1H/q+1;/p-1. The number of quaternary nitrogens is 1. The van der Waals surface area contributed by atoms with E-state index >= 15 is 0 Å². The molecule has 1 N–H and O–H groups in total. The predicted molar refractivity (Wildman–Crippen MR) is 140 cm³/mol. The van der Waals surface area contributed by atoms with Gasteiger partial charge in [0.25, 0.3) is 0 Å². The first-order valence-corrected chi connectivity index (χ1v) is 13.2. The monoisotopic (exact) mass is 596 g/mol. The largest absolute Gasteiger partial charge is 1.00 e. The van der Waals surface area contributed by atoms with Crippen molar-refractivity contribution < 1.29 is 35.7 Å². The van der Waals surface area contributed by atoms with E-state index in [9.17, 15) is 5.11 Å². The van der Waals surface area contributed by atoms with Crippen LogP contribution >= 0.6 is 23.2 Å². The third-order valence-corrected chi connectivity index (χ3v) is 7.68. The average molecular weight is 598 g/mol. The first kappa shape index (κ1) is 29.0. The maximum atomic E-state index is 12.0. The van der Waals surface area contributed by atoms with Crippen LogP contribution in [0.5, 0.6) is 5.75 Å². The molecule has 2 aromatic carbocycles. The molecule has 1 aromatic heterocycles. The van der Waals surface area contributed by atoms with E-state index in [1.165, 1.54) is 6.42 Å². The Bertz CT molecular complexity index is 1100. The number of halogens is 3. The molecule has 196 valence electrons. The van der Waals surface area contributed by atoms with Crippen molar-refractivity contribution in [2.24, 2.45) is 5.92 Å². The molecular formula is C28H35BrCl2N2O3. The predicted octanol–water partition coefficient (Wildman–Crippen LogP) is 3.85. The van der Waals surface area contributed by atoms with Crippen LogP contribution in [0, 0.1) is 5.92 Å². The third kappa shape index (κ3) is 7.05. The Morgan fingerprint density at radius 2 is 1.78 bits per heavy atom. The summed E-state index contributed by atoms with van der Waals surface area (Å²) in [5.41, 5.74) is -0.349. The number of hydrogen-bond acceptors (Lipinski definition) is 4. The van der Waals surface area contributed by atoms with E-state index in [4.69, 9.17) is 32.4 Å². The molecule has 5 nitrogen and oxygen atoms in total. The highest BCUT2D eigenvalue weighted by atomic mass is 79.9.